The maximum atomic E-state index is 5.77. The Morgan fingerprint density at radius 2 is 2.05 bits per heavy atom. The van der Waals surface area contributed by atoms with Gasteiger partial charge < -0.3 is 20.3 Å². The monoisotopic (exact) mass is 270 g/mol. The maximum absolute atomic E-state index is 5.77. The van der Waals surface area contributed by atoms with Gasteiger partial charge in [0.05, 0.1) is 5.60 Å². The van der Waals surface area contributed by atoms with E-state index in [0.29, 0.717) is 0 Å². The van der Waals surface area contributed by atoms with Gasteiger partial charge in [-0.25, -0.2) is 0 Å². The Balaban J connectivity index is 2.38. The molecule has 0 aliphatic carbocycles. The Morgan fingerprint density at radius 3 is 2.53 bits per heavy atom. The van der Waals surface area contributed by atoms with E-state index in [4.69, 9.17) is 4.74 Å². The van der Waals surface area contributed by atoms with Crippen LogP contribution in [0.2, 0.25) is 0 Å². The molecular weight excluding hydrogens is 240 g/mol. The molecule has 1 aliphatic heterocycles. The highest BCUT2D eigenvalue weighted by Crippen LogP contribution is 2.23. The van der Waals surface area contributed by atoms with Crippen molar-refractivity contribution < 1.29 is 4.74 Å². The van der Waals surface area contributed by atoms with Gasteiger partial charge in [0, 0.05) is 32.3 Å². The summed E-state index contributed by atoms with van der Waals surface area (Å²) in [6, 6.07) is 0. The molecule has 0 aromatic rings. The van der Waals surface area contributed by atoms with Gasteiger partial charge in [0.1, 0.15) is 0 Å². The van der Waals surface area contributed by atoms with Crippen LogP contribution in [-0.2, 0) is 4.74 Å². The van der Waals surface area contributed by atoms with E-state index < -0.39 is 0 Å². The summed E-state index contributed by atoms with van der Waals surface area (Å²) in [6.07, 6.45) is 2.26. The van der Waals surface area contributed by atoms with Crippen molar-refractivity contribution in [1.29, 1.82) is 0 Å². The lowest BCUT2D eigenvalue weighted by Crippen LogP contribution is -2.52. The third-order valence-electron chi connectivity index (χ3n) is 4.05. The molecule has 0 spiro atoms. The molecule has 1 atom stereocenters. The Hall–Kier alpha value is -0.810. The second-order valence-corrected chi connectivity index (χ2v) is 6.39. The van der Waals surface area contributed by atoms with Gasteiger partial charge >= 0.3 is 0 Å². The van der Waals surface area contributed by atoms with E-state index in [1.54, 1.807) is 7.05 Å². The van der Waals surface area contributed by atoms with Crippen LogP contribution >= 0.6 is 0 Å². The van der Waals surface area contributed by atoms with E-state index in [-0.39, 0.29) is 11.1 Å². The molecule has 1 rings (SSSR count). The third-order valence-corrected chi connectivity index (χ3v) is 4.05. The summed E-state index contributed by atoms with van der Waals surface area (Å²) >= 11 is 0. The quantitative estimate of drug-likeness (QED) is 0.579. The summed E-state index contributed by atoms with van der Waals surface area (Å²) in [7, 11) is 5.98. The zero-order chi connectivity index (χ0) is 14.5. The second kappa shape index (κ2) is 6.57. The Kier molecular flexibility index (Phi) is 5.62. The molecule has 5 heteroatoms. The van der Waals surface area contributed by atoms with E-state index >= 15 is 0 Å². The lowest BCUT2D eigenvalue weighted by atomic mass is 10.0. The smallest absolute Gasteiger partial charge is 0.191 e. The van der Waals surface area contributed by atoms with Gasteiger partial charge in [-0.1, -0.05) is 0 Å². The topological polar surface area (TPSA) is 48.9 Å². The zero-order valence-corrected chi connectivity index (χ0v) is 13.3. The standard InChI is InChI=1S/C14H30N4O/c1-13(2,18(5)6)10-16-12(15-4)17-11-14(3)8-7-9-19-14/h7-11H2,1-6H3,(H2,15,16,17). The van der Waals surface area contributed by atoms with Gasteiger partial charge in [-0.2, -0.15) is 0 Å². The molecule has 1 fully saturated rings. The average Bonchev–Trinajstić information content (AvgIpc) is 2.76. The number of nitrogens with zero attached hydrogens (tertiary/aromatic N) is 2. The second-order valence-electron chi connectivity index (χ2n) is 6.39. The number of aliphatic imine (C=N–C) groups is 1. The van der Waals surface area contributed by atoms with Crippen LogP contribution in [0.3, 0.4) is 0 Å². The van der Waals surface area contributed by atoms with Crippen molar-refractivity contribution >= 4 is 5.96 Å². The predicted octanol–water partition coefficient (Wildman–Crippen LogP) is 1.06. The number of likely N-dealkylation sites (N-methyl/N-ethyl adjacent to an activating group) is 1. The molecule has 1 heterocycles. The van der Waals surface area contributed by atoms with Gasteiger partial charge in [-0.3, -0.25) is 4.99 Å². The number of rotatable bonds is 5. The van der Waals surface area contributed by atoms with E-state index in [1.807, 2.05) is 0 Å². The van der Waals surface area contributed by atoms with Crippen LogP contribution in [0.4, 0.5) is 0 Å². The number of hydrogen-bond donors (Lipinski definition) is 2. The van der Waals surface area contributed by atoms with Gasteiger partial charge in [0.25, 0.3) is 0 Å². The van der Waals surface area contributed by atoms with Crippen molar-refractivity contribution in [1.82, 2.24) is 15.5 Å². The van der Waals surface area contributed by atoms with Crippen LogP contribution in [0.5, 0.6) is 0 Å². The fraction of sp³-hybridized carbons (Fsp3) is 0.929. The number of hydrogen-bond acceptors (Lipinski definition) is 3. The summed E-state index contributed by atoms with van der Waals surface area (Å²) in [5.41, 5.74) is 0.0417. The van der Waals surface area contributed by atoms with Crippen LogP contribution in [0, 0.1) is 0 Å². The minimum Gasteiger partial charge on any atom is -0.373 e. The fourth-order valence-electron chi connectivity index (χ4n) is 1.93. The molecule has 0 radical (unpaired) electrons. The lowest BCUT2D eigenvalue weighted by molar-refractivity contribution is 0.0242. The molecule has 112 valence electrons. The molecule has 0 aromatic heterocycles. The first-order valence-corrected chi connectivity index (χ1v) is 7.05. The van der Waals surface area contributed by atoms with Crippen molar-refractivity contribution in [2.24, 2.45) is 4.99 Å². The van der Waals surface area contributed by atoms with E-state index in [1.165, 1.54) is 0 Å². The largest absolute Gasteiger partial charge is 0.373 e. The summed E-state index contributed by atoms with van der Waals surface area (Å²) in [6.45, 7) is 9.08. The van der Waals surface area contributed by atoms with Crippen molar-refractivity contribution in [2.45, 2.75) is 44.8 Å². The van der Waals surface area contributed by atoms with Gasteiger partial charge in [-0.15, -0.1) is 0 Å². The van der Waals surface area contributed by atoms with E-state index in [0.717, 1.165) is 38.5 Å². The summed E-state index contributed by atoms with van der Waals surface area (Å²) < 4.78 is 5.77. The lowest BCUT2D eigenvalue weighted by Gasteiger charge is -2.33. The molecule has 19 heavy (non-hydrogen) atoms. The van der Waals surface area contributed by atoms with E-state index in [2.05, 4.69) is 55.4 Å². The fourth-order valence-corrected chi connectivity index (χ4v) is 1.93. The molecule has 0 aromatic carbocycles. The highest BCUT2D eigenvalue weighted by Gasteiger charge is 2.30. The molecule has 1 saturated heterocycles. The van der Waals surface area contributed by atoms with Crippen molar-refractivity contribution in [2.75, 3.05) is 40.8 Å². The molecule has 0 saturated carbocycles. The van der Waals surface area contributed by atoms with Crippen LogP contribution in [0.25, 0.3) is 0 Å². The summed E-state index contributed by atoms with van der Waals surface area (Å²) in [5.74, 6) is 0.839. The van der Waals surface area contributed by atoms with Gasteiger partial charge in [-0.05, 0) is 47.7 Å². The SMILES string of the molecule is CN=C(NCC1(C)CCCO1)NCC(C)(C)N(C)C. The van der Waals surface area contributed by atoms with Crippen LogP contribution in [-0.4, -0.2) is 62.8 Å². The molecule has 2 N–H and O–H groups in total. The Morgan fingerprint density at radius 1 is 1.37 bits per heavy atom. The molecular formula is C14H30N4O. The predicted molar refractivity (Wildman–Crippen MR) is 80.7 cm³/mol. The molecule has 1 unspecified atom stereocenters. The summed E-state index contributed by atoms with van der Waals surface area (Å²) in [5, 5.41) is 6.73. The molecule has 0 amide bonds. The zero-order valence-electron chi connectivity index (χ0n) is 13.3. The highest BCUT2D eigenvalue weighted by molar-refractivity contribution is 5.79. The minimum atomic E-state index is -0.0469. The minimum absolute atomic E-state index is 0.0469. The Bertz CT molecular complexity index is 296. The highest BCUT2D eigenvalue weighted by atomic mass is 16.5. The van der Waals surface area contributed by atoms with Crippen molar-refractivity contribution in [3.8, 4) is 0 Å². The molecule has 1 aliphatic rings. The van der Waals surface area contributed by atoms with Gasteiger partial charge in [0.2, 0.25) is 0 Å². The van der Waals surface area contributed by atoms with Crippen LogP contribution in [0.1, 0.15) is 33.6 Å². The first-order valence-electron chi connectivity index (χ1n) is 7.05. The van der Waals surface area contributed by atoms with Crippen molar-refractivity contribution in [3.05, 3.63) is 0 Å². The average molecular weight is 270 g/mol. The summed E-state index contributed by atoms with van der Waals surface area (Å²) in [4.78, 5) is 6.47. The maximum Gasteiger partial charge on any atom is 0.191 e. The van der Waals surface area contributed by atoms with Gasteiger partial charge in [0.15, 0.2) is 5.96 Å². The first-order chi connectivity index (χ1) is 8.79. The molecule has 5 nitrogen and oxygen atoms in total. The van der Waals surface area contributed by atoms with Crippen LogP contribution in [0.15, 0.2) is 4.99 Å². The first kappa shape index (κ1) is 16.2. The molecule has 0 bridgehead atoms. The third kappa shape index (κ3) is 4.99. The number of guanidine groups is 1. The Labute approximate surface area is 117 Å². The normalized spacial score (nSPS) is 24.9. The number of nitrogens with one attached hydrogen (secondary N) is 2. The van der Waals surface area contributed by atoms with Crippen molar-refractivity contribution in [3.63, 3.8) is 0 Å². The number of ether oxygens (including phenoxy) is 1. The van der Waals surface area contributed by atoms with E-state index in [9.17, 15) is 0 Å². The van der Waals surface area contributed by atoms with Crippen LogP contribution < -0.4 is 10.6 Å².